The average molecular weight is 259 g/mol. The lowest BCUT2D eigenvalue weighted by molar-refractivity contribution is -0.00931. The van der Waals surface area contributed by atoms with Gasteiger partial charge in [0.2, 0.25) is 0 Å². The Bertz CT molecular complexity index is 453. The predicted molar refractivity (Wildman–Crippen MR) is 75.8 cm³/mol. The van der Waals surface area contributed by atoms with Crippen molar-refractivity contribution in [2.24, 2.45) is 24.8 Å². The molecule has 0 atom stereocenters. The second kappa shape index (κ2) is 4.08. The second-order valence-electron chi connectivity index (χ2n) is 7.37. The summed E-state index contributed by atoms with van der Waals surface area (Å²) in [5, 5.41) is 7.89. The summed E-state index contributed by atoms with van der Waals surface area (Å²) in [5.41, 5.74) is 3.46. The first kappa shape index (κ1) is 12.0. The first-order chi connectivity index (χ1) is 9.20. The standard InChI is InChI=1S/C16H25N3/c1-17-9-14-10-18-19(2)15(14)16-6-11-3-12(7-16)5-13(4-11)8-16/h10-13,17H,3-9H2,1-2H3. The van der Waals surface area contributed by atoms with E-state index in [1.807, 2.05) is 7.05 Å². The number of hydrogen-bond acceptors (Lipinski definition) is 2. The van der Waals surface area contributed by atoms with Crippen molar-refractivity contribution in [2.75, 3.05) is 7.05 Å². The second-order valence-corrected chi connectivity index (χ2v) is 7.37. The Morgan fingerprint density at radius 2 is 1.79 bits per heavy atom. The molecule has 1 aromatic rings. The molecule has 4 fully saturated rings. The van der Waals surface area contributed by atoms with Crippen LogP contribution >= 0.6 is 0 Å². The highest BCUT2D eigenvalue weighted by Crippen LogP contribution is 2.61. The van der Waals surface area contributed by atoms with Crippen LogP contribution < -0.4 is 5.32 Å². The fourth-order valence-corrected chi connectivity index (χ4v) is 5.89. The molecule has 0 saturated heterocycles. The molecular formula is C16H25N3. The van der Waals surface area contributed by atoms with Crippen molar-refractivity contribution < 1.29 is 0 Å². The van der Waals surface area contributed by atoms with Crippen molar-refractivity contribution in [2.45, 2.75) is 50.5 Å². The van der Waals surface area contributed by atoms with E-state index < -0.39 is 0 Å². The zero-order valence-electron chi connectivity index (χ0n) is 12.2. The molecule has 1 N–H and O–H groups in total. The van der Waals surface area contributed by atoms with Crippen molar-refractivity contribution in [3.63, 3.8) is 0 Å². The summed E-state index contributed by atoms with van der Waals surface area (Å²) < 4.78 is 2.18. The maximum atomic E-state index is 4.57. The number of hydrogen-bond donors (Lipinski definition) is 1. The highest BCUT2D eigenvalue weighted by Gasteiger charge is 2.53. The molecule has 0 aliphatic heterocycles. The summed E-state index contributed by atoms with van der Waals surface area (Å²) in [6, 6.07) is 0. The van der Waals surface area contributed by atoms with E-state index in [1.165, 1.54) is 44.1 Å². The summed E-state index contributed by atoms with van der Waals surface area (Å²) in [6.45, 7) is 0.963. The van der Waals surface area contributed by atoms with E-state index >= 15 is 0 Å². The Labute approximate surface area is 115 Å². The average Bonchev–Trinajstić information content (AvgIpc) is 2.70. The Morgan fingerprint density at radius 3 is 2.32 bits per heavy atom. The highest BCUT2D eigenvalue weighted by molar-refractivity contribution is 5.30. The summed E-state index contributed by atoms with van der Waals surface area (Å²) in [7, 11) is 4.18. The van der Waals surface area contributed by atoms with E-state index in [1.54, 1.807) is 5.69 Å². The summed E-state index contributed by atoms with van der Waals surface area (Å²) in [5.74, 6) is 3.01. The summed E-state index contributed by atoms with van der Waals surface area (Å²) in [6.07, 6.45) is 10.9. The smallest absolute Gasteiger partial charge is 0.0537 e. The third-order valence-electron chi connectivity index (χ3n) is 5.92. The van der Waals surface area contributed by atoms with Crippen LogP contribution in [0, 0.1) is 17.8 Å². The van der Waals surface area contributed by atoms with Gasteiger partial charge in [-0.15, -0.1) is 0 Å². The van der Waals surface area contributed by atoms with Gasteiger partial charge in [0.1, 0.15) is 0 Å². The number of nitrogens with zero attached hydrogens (tertiary/aromatic N) is 2. The van der Waals surface area contributed by atoms with E-state index in [0.29, 0.717) is 5.41 Å². The van der Waals surface area contributed by atoms with Crippen LogP contribution in [0.3, 0.4) is 0 Å². The lowest BCUT2D eigenvalue weighted by Gasteiger charge is -2.57. The van der Waals surface area contributed by atoms with Gasteiger partial charge in [-0.05, 0) is 63.3 Å². The Balaban J connectivity index is 1.77. The molecule has 1 heterocycles. The molecular weight excluding hydrogens is 234 g/mol. The first-order valence-electron chi connectivity index (χ1n) is 7.86. The maximum absolute atomic E-state index is 4.57. The van der Waals surface area contributed by atoms with Crippen LogP contribution in [0.25, 0.3) is 0 Å². The molecule has 3 nitrogen and oxygen atoms in total. The van der Waals surface area contributed by atoms with Gasteiger partial charge in [-0.3, -0.25) is 4.68 Å². The van der Waals surface area contributed by atoms with E-state index in [-0.39, 0.29) is 0 Å². The number of nitrogens with one attached hydrogen (secondary N) is 1. The van der Waals surface area contributed by atoms with E-state index in [4.69, 9.17) is 0 Å². The van der Waals surface area contributed by atoms with E-state index in [0.717, 1.165) is 24.3 Å². The van der Waals surface area contributed by atoms with Gasteiger partial charge in [0.15, 0.2) is 0 Å². The van der Waals surface area contributed by atoms with Crippen LogP contribution in [0.1, 0.15) is 49.8 Å². The van der Waals surface area contributed by atoms with Crippen LogP contribution in [0.4, 0.5) is 0 Å². The molecule has 0 aromatic carbocycles. The lowest BCUT2D eigenvalue weighted by Crippen LogP contribution is -2.49. The molecule has 0 unspecified atom stereocenters. The molecule has 0 spiro atoms. The molecule has 3 heteroatoms. The topological polar surface area (TPSA) is 29.9 Å². The molecule has 4 aliphatic carbocycles. The zero-order chi connectivity index (χ0) is 13.0. The van der Waals surface area contributed by atoms with E-state index in [2.05, 4.69) is 28.3 Å². The van der Waals surface area contributed by atoms with Gasteiger partial charge in [-0.1, -0.05) is 0 Å². The molecule has 5 rings (SSSR count). The van der Waals surface area contributed by atoms with Crippen LogP contribution in [-0.4, -0.2) is 16.8 Å². The van der Waals surface area contributed by atoms with Crippen molar-refractivity contribution >= 4 is 0 Å². The molecule has 0 amide bonds. The van der Waals surface area contributed by atoms with Gasteiger partial charge in [-0.25, -0.2) is 0 Å². The summed E-state index contributed by atoms with van der Waals surface area (Å²) >= 11 is 0. The van der Waals surface area contributed by atoms with Gasteiger partial charge in [-0.2, -0.15) is 5.10 Å². The van der Waals surface area contributed by atoms with Gasteiger partial charge >= 0.3 is 0 Å². The number of aryl methyl sites for hydroxylation is 1. The zero-order valence-corrected chi connectivity index (χ0v) is 12.2. The summed E-state index contributed by atoms with van der Waals surface area (Å²) in [4.78, 5) is 0. The SMILES string of the molecule is CNCc1cnn(C)c1C12CC3CC(CC(C3)C1)C2. The van der Waals surface area contributed by atoms with Gasteiger partial charge in [0.05, 0.1) is 6.20 Å². The predicted octanol–water partition coefficient (Wildman–Crippen LogP) is 2.61. The fourth-order valence-electron chi connectivity index (χ4n) is 5.89. The Kier molecular flexibility index (Phi) is 2.57. The normalized spacial score (nSPS) is 40.0. The molecule has 1 aromatic heterocycles. The van der Waals surface area contributed by atoms with Crippen molar-refractivity contribution in [3.8, 4) is 0 Å². The van der Waals surface area contributed by atoms with Crippen molar-refractivity contribution in [3.05, 3.63) is 17.5 Å². The molecule has 4 bridgehead atoms. The minimum Gasteiger partial charge on any atom is -0.316 e. The number of rotatable bonds is 3. The van der Waals surface area contributed by atoms with Crippen LogP contribution in [0.2, 0.25) is 0 Å². The quantitative estimate of drug-likeness (QED) is 0.904. The van der Waals surface area contributed by atoms with Crippen molar-refractivity contribution in [1.82, 2.24) is 15.1 Å². The minimum absolute atomic E-state index is 0.464. The molecule has 104 valence electrons. The first-order valence-corrected chi connectivity index (χ1v) is 7.86. The molecule has 4 saturated carbocycles. The molecule has 19 heavy (non-hydrogen) atoms. The van der Waals surface area contributed by atoms with Gasteiger partial charge < -0.3 is 5.32 Å². The Morgan fingerprint density at radius 1 is 1.21 bits per heavy atom. The molecule has 4 aliphatic rings. The third-order valence-corrected chi connectivity index (χ3v) is 5.92. The van der Waals surface area contributed by atoms with Gasteiger partial charge in [0, 0.05) is 30.3 Å². The number of aromatic nitrogens is 2. The fraction of sp³-hybridized carbons (Fsp3) is 0.812. The molecule has 0 radical (unpaired) electrons. The van der Waals surface area contributed by atoms with Gasteiger partial charge in [0.25, 0.3) is 0 Å². The monoisotopic (exact) mass is 259 g/mol. The van der Waals surface area contributed by atoms with Crippen LogP contribution in [0.15, 0.2) is 6.20 Å². The van der Waals surface area contributed by atoms with Crippen molar-refractivity contribution in [1.29, 1.82) is 0 Å². The lowest BCUT2D eigenvalue weighted by atomic mass is 9.48. The minimum atomic E-state index is 0.464. The third kappa shape index (κ3) is 1.70. The van der Waals surface area contributed by atoms with E-state index in [9.17, 15) is 0 Å². The highest BCUT2D eigenvalue weighted by atomic mass is 15.3. The Hall–Kier alpha value is -0.830. The maximum Gasteiger partial charge on any atom is 0.0537 e. The largest absolute Gasteiger partial charge is 0.316 e. The van der Waals surface area contributed by atoms with Crippen LogP contribution in [0.5, 0.6) is 0 Å². The van der Waals surface area contributed by atoms with Crippen LogP contribution in [-0.2, 0) is 19.0 Å².